The van der Waals surface area contributed by atoms with E-state index in [4.69, 9.17) is 0 Å². The van der Waals surface area contributed by atoms with Gasteiger partial charge in [0, 0.05) is 19.3 Å². The van der Waals surface area contributed by atoms with Crippen LogP contribution in [0, 0.1) is 18.8 Å². The van der Waals surface area contributed by atoms with E-state index in [0.717, 1.165) is 42.5 Å². The summed E-state index contributed by atoms with van der Waals surface area (Å²) in [5.74, 6) is 1.18. The van der Waals surface area contributed by atoms with Gasteiger partial charge in [-0.2, -0.15) is 0 Å². The molecule has 4 rings (SSSR count). The Balaban J connectivity index is 1.61. The monoisotopic (exact) mass is 350 g/mol. The van der Waals surface area contributed by atoms with Crippen LogP contribution >= 0.6 is 0 Å². The lowest BCUT2D eigenvalue weighted by Gasteiger charge is -2.27. The fraction of sp³-hybridized carbons (Fsp3) is 0.455. The molecule has 4 atom stereocenters. The number of hydrogen-bond acceptors (Lipinski definition) is 3. The molecule has 0 aliphatic heterocycles. The molecule has 4 nitrogen and oxygen atoms in total. The molecule has 2 fully saturated rings. The molecular weight excluding hydrogens is 324 g/mol. The maximum Gasteiger partial charge on any atom is 0.256 e. The normalized spacial score (nSPS) is 27.3. The standard InChI is InChI=1S/C22H26N2O2/c1-14-21(20(8-9-23-14)15-6-4-3-5-7-15)22(26)24(2)18-10-16-12-19(25)13-17(16)11-18/h3-9,16-19,25H,10-13H2,1-2H3/t16-,17+,18?,19?. The minimum Gasteiger partial charge on any atom is -0.393 e. The van der Waals surface area contributed by atoms with E-state index in [1.807, 2.05) is 55.3 Å². The number of aliphatic hydroxyl groups excluding tert-OH is 1. The molecule has 26 heavy (non-hydrogen) atoms. The maximum atomic E-state index is 13.4. The van der Waals surface area contributed by atoms with E-state index in [1.165, 1.54) is 0 Å². The Morgan fingerprint density at radius 3 is 2.38 bits per heavy atom. The van der Waals surface area contributed by atoms with Crippen molar-refractivity contribution in [2.45, 2.75) is 44.8 Å². The van der Waals surface area contributed by atoms with Crippen LogP contribution in [0.4, 0.5) is 0 Å². The average Bonchev–Trinajstić information content (AvgIpc) is 3.18. The first-order valence-corrected chi connectivity index (χ1v) is 9.51. The number of carbonyl (C=O) groups is 1. The van der Waals surface area contributed by atoms with E-state index in [0.29, 0.717) is 17.4 Å². The Bertz CT molecular complexity index is 791. The van der Waals surface area contributed by atoms with Crippen molar-refractivity contribution in [1.29, 1.82) is 0 Å². The van der Waals surface area contributed by atoms with Crippen LogP contribution in [0.15, 0.2) is 42.6 Å². The molecule has 0 radical (unpaired) electrons. The molecule has 136 valence electrons. The zero-order chi connectivity index (χ0) is 18.3. The second-order valence-corrected chi connectivity index (χ2v) is 7.87. The number of carbonyl (C=O) groups excluding carboxylic acids is 1. The molecule has 2 aliphatic carbocycles. The van der Waals surface area contributed by atoms with Crippen LogP contribution in [0.3, 0.4) is 0 Å². The first-order chi connectivity index (χ1) is 12.5. The van der Waals surface area contributed by atoms with Crippen LogP contribution in [-0.2, 0) is 0 Å². The molecule has 0 bridgehead atoms. The smallest absolute Gasteiger partial charge is 0.256 e. The number of rotatable bonds is 3. The average molecular weight is 350 g/mol. The lowest BCUT2D eigenvalue weighted by molar-refractivity contribution is 0.0722. The van der Waals surface area contributed by atoms with Crippen LogP contribution in [0.5, 0.6) is 0 Å². The first kappa shape index (κ1) is 17.2. The maximum absolute atomic E-state index is 13.4. The number of pyridine rings is 1. The molecule has 2 saturated carbocycles. The molecule has 0 saturated heterocycles. The van der Waals surface area contributed by atoms with E-state index in [-0.39, 0.29) is 18.1 Å². The molecule has 2 aliphatic rings. The number of benzene rings is 1. The molecule has 0 spiro atoms. The lowest BCUT2D eigenvalue weighted by atomic mass is 9.97. The van der Waals surface area contributed by atoms with Crippen molar-refractivity contribution in [3.63, 3.8) is 0 Å². The number of aromatic nitrogens is 1. The Kier molecular flexibility index (Phi) is 4.53. The molecule has 2 unspecified atom stereocenters. The molecule has 1 aromatic carbocycles. The minimum absolute atomic E-state index is 0.0555. The number of hydrogen-bond donors (Lipinski definition) is 1. The largest absolute Gasteiger partial charge is 0.393 e. The summed E-state index contributed by atoms with van der Waals surface area (Å²) in [6.45, 7) is 1.91. The van der Waals surface area contributed by atoms with Crippen molar-refractivity contribution in [1.82, 2.24) is 9.88 Å². The Morgan fingerprint density at radius 1 is 1.08 bits per heavy atom. The Labute approximate surface area is 154 Å². The summed E-state index contributed by atoms with van der Waals surface area (Å²) in [4.78, 5) is 19.7. The van der Waals surface area contributed by atoms with Crippen LogP contribution in [0.25, 0.3) is 11.1 Å². The van der Waals surface area contributed by atoms with Gasteiger partial charge in [-0.25, -0.2) is 0 Å². The topological polar surface area (TPSA) is 53.4 Å². The van der Waals surface area contributed by atoms with E-state index < -0.39 is 0 Å². The third kappa shape index (κ3) is 3.03. The minimum atomic E-state index is -0.141. The summed E-state index contributed by atoms with van der Waals surface area (Å²) < 4.78 is 0. The highest BCUT2D eigenvalue weighted by Gasteiger charge is 2.43. The molecular formula is C22H26N2O2. The number of fused-ring (bicyclic) bond motifs is 1. The zero-order valence-corrected chi connectivity index (χ0v) is 15.4. The quantitative estimate of drug-likeness (QED) is 0.919. The van der Waals surface area contributed by atoms with Crippen molar-refractivity contribution in [3.8, 4) is 11.1 Å². The van der Waals surface area contributed by atoms with Gasteiger partial charge in [0.1, 0.15) is 0 Å². The van der Waals surface area contributed by atoms with E-state index >= 15 is 0 Å². The van der Waals surface area contributed by atoms with Gasteiger partial charge in [0.2, 0.25) is 0 Å². The number of aryl methyl sites for hydroxylation is 1. The van der Waals surface area contributed by atoms with E-state index in [1.54, 1.807) is 6.20 Å². The highest BCUT2D eigenvalue weighted by atomic mass is 16.3. The fourth-order valence-corrected chi connectivity index (χ4v) is 4.91. The third-order valence-corrected chi connectivity index (χ3v) is 6.27. The molecule has 1 amide bonds. The number of nitrogens with zero attached hydrogens (tertiary/aromatic N) is 2. The molecule has 1 N–H and O–H groups in total. The highest BCUT2D eigenvalue weighted by Crippen LogP contribution is 2.45. The van der Waals surface area contributed by atoms with Crippen molar-refractivity contribution < 1.29 is 9.90 Å². The molecule has 4 heteroatoms. The van der Waals surface area contributed by atoms with Crippen molar-refractivity contribution in [2.24, 2.45) is 11.8 Å². The van der Waals surface area contributed by atoms with Crippen LogP contribution in [0.2, 0.25) is 0 Å². The van der Waals surface area contributed by atoms with Gasteiger partial charge >= 0.3 is 0 Å². The van der Waals surface area contributed by atoms with Crippen molar-refractivity contribution in [3.05, 3.63) is 53.9 Å². The van der Waals surface area contributed by atoms with Gasteiger partial charge in [-0.1, -0.05) is 30.3 Å². The number of aliphatic hydroxyl groups is 1. The first-order valence-electron chi connectivity index (χ1n) is 9.51. The SMILES string of the molecule is Cc1nccc(-c2ccccc2)c1C(=O)N(C)C1C[C@H]2CC(O)C[C@H]2C1. The van der Waals surface area contributed by atoms with Gasteiger partial charge in [-0.15, -0.1) is 0 Å². The van der Waals surface area contributed by atoms with Crippen LogP contribution < -0.4 is 0 Å². The van der Waals surface area contributed by atoms with Gasteiger partial charge in [0.25, 0.3) is 5.91 Å². The summed E-state index contributed by atoms with van der Waals surface area (Å²) in [6.07, 6.45) is 5.43. The van der Waals surface area contributed by atoms with Gasteiger partial charge in [0.05, 0.1) is 17.4 Å². The lowest BCUT2D eigenvalue weighted by Crippen LogP contribution is -2.36. The van der Waals surface area contributed by atoms with E-state index in [2.05, 4.69) is 4.98 Å². The number of amides is 1. The second kappa shape index (κ2) is 6.84. The zero-order valence-electron chi connectivity index (χ0n) is 15.4. The Morgan fingerprint density at radius 2 is 1.73 bits per heavy atom. The van der Waals surface area contributed by atoms with Gasteiger partial charge in [-0.05, 0) is 61.6 Å². The highest BCUT2D eigenvalue weighted by molar-refractivity contribution is 6.01. The van der Waals surface area contributed by atoms with Crippen molar-refractivity contribution >= 4 is 5.91 Å². The summed E-state index contributed by atoms with van der Waals surface area (Å²) in [5.41, 5.74) is 3.47. The molecule has 1 heterocycles. The predicted molar refractivity (Wildman–Crippen MR) is 102 cm³/mol. The van der Waals surface area contributed by atoms with E-state index in [9.17, 15) is 9.90 Å². The molecule has 2 aromatic rings. The summed E-state index contributed by atoms with van der Waals surface area (Å²) in [6, 6.07) is 12.2. The van der Waals surface area contributed by atoms with Crippen LogP contribution in [-0.4, -0.2) is 40.1 Å². The van der Waals surface area contributed by atoms with Gasteiger partial charge < -0.3 is 10.0 Å². The Hall–Kier alpha value is -2.20. The summed E-state index contributed by atoms with van der Waals surface area (Å²) in [5, 5.41) is 9.86. The molecule has 1 aromatic heterocycles. The van der Waals surface area contributed by atoms with Gasteiger partial charge in [-0.3, -0.25) is 9.78 Å². The second-order valence-electron chi connectivity index (χ2n) is 7.87. The van der Waals surface area contributed by atoms with Crippen molar-refractivity contribution in [2.75, 3.05) is 7.05 Å². The van der Waals surface area contributed by atoms with Gasteiger partial charge in [0.15, 0.2) is 0 Å². The summed E-state index contributed by atoms with van der Waals surface area (Å²) >= 11 is 0. The summed E-state index contributed by atoms with van der Waals surface area (Å²) in [7, 11) is 1.92. The third-order valence-electron chi connectivity index (χ3n) is 6.27. The van der Waals surface area contributed by atoms with Crippen LogP contribution in [0.1, 0.15) is 41.7 Å². The fourth-order valence-electron chi connectivity index (χ4n) is 4.91. The predicted octanol–water partition coefficient (Wildman–Crippen LogP) is 3.68.